The van der Waals surface area contributed by atoms with E-state index in [0.717, 1.165) is 51.1 Å². The molecule has 0 radical (unpaired) electrons. The molecule has 0 aromatic heterocycles. The number of piperidine rings is 1. The Kier molecular flexibility index (Phi) is 6.80. The molecule has 0 saturated carbocycles. The van der Waals surface area contributed by atoms with Crippen LogP contribution in [0.2, 0.25) is 0 Å². The summed E-state index contributed by atoms with van der Waals surface area (Å²) in [5, 5.41) is 4.21. The maximum absolute atomic E-state index is 5.65. The third-order valence-electron chi connectivity index (χ3n) is 2.09. The predicted octanol–water partition coefficient (Wildman–Crippen LogP) is 1.17. The first-order valence-electron chi connectivity index (χ1n) is 4.89. The van der Waals surface area contributed by atoms with Gasteiger partial charge in [-0.05, 0) is 25.9 Å². The Morgan fingerprint density at radius 1 is 1.15 bits per heavy atom. The Hall–Kier alpha value is 0.360. The first kappa shape index (κ1) is 11.4. The molecule has 1 aliphatic heterocycles. The van der Waals surface area contributed by atoms with Gasteiger partial charge in [-0.1, -0.05) is 15.9 Å². The molecule has 4 heteroatoms. The zero-order chi connectivity index (χ0) is 9.36. The normalized spacial score (nSPS) is 19.2. The van der Waals surface area contributed by atoms with Crippen molar-refractivity contribution in [3.8, 4) is 0 Å². The summed E-state index contributed by atoms with van der Waals surface area (Å²) in [5.41, 5.74) is 0. The van der Waals surface area contributed by atoms with E-state index >= 15 is 0 Å². The standard InChI is InChI=1S/C9H18BrNO2/c10-3-6-12-7-8-13-9-1-4-11-5-2-9/h9,11H,1-8H2. The van der Waals surface area contributed by atoms with E-state index in [1.807, 2.05) is 0 Å². The molecular weight excluding hydrogens is 234 g/mol. The van der Waals surface area contributed by atoms with Crippen molar-refractivity contribution < 1.29 is 9.47 Å². The maximum atomic E-state index is 5.65. The highest BCUT2D eigenvalue weighted by Gasteiger charge is 2.12. The van der Waals surface area contributed by atoms with Crippen LogP contribution >= 0.6 is 15.9 Å². The minimum atomic E-state index is 0.453. The zero-order valence-electron chi connectivity index (χ0n) is 7.93. The summed E-state index contributed by atoms with van der Waals surface area (Å²) in [6.45, 7) is 4.41. The summed E-state index contributed by atoms with van der Waals surface area (Å²) in [4.78, 5) is 0. The van der Waals surface area contributed by atoms with Crippen molar-refractivity contribution in [1.29, 1.82) is 0 Å². The van der Waals surface area contributed by atoms with Crippen LogP contribution in [-0.2, 0) is 9.47 Å². The number of hydrogen-bond donors (Lipinski definition) is 1. The van der Waals surface area contributed by atoms with Crippen molar-refractivity contribution in [2.75, 3.05) is 38.2 Å². The van der Waals surface area contributed by atoms with Gasteiger partial charge in [0.05, 0.1) is 25.9 Å². The fraction of sp³-hybridized carbons (Fsp3) is 1.00. The van der Waals surface area contributed by atoms with Crippen LogP contribution in [0.4, 0.5) is 0 Å². The molecule has 1 fully saturated rings. The molecule has 1 N–H and O–H groups in total. The number of rotatable bonds is 6. The van der Waals surface area contributed by atoms with Gasteiger partial charge in [-0.25, -0.2) is 0 Å². The maximum Gasteiger partial charge on any atom is 0.0704 e. The number of hydrogen-bond acceptors (Lipinski definition) is 3. The minimum absolute atomic E-state index is 0.453. The van der Waals surface area contributed by atoms with Crippen LogP contribution in [0, 0.1) is 0 Å². The van der Waals surface area contributed by atoms with E-state index in [0.29, 0.717) is 6.10 Å². The molecule has 0 spiro atoms. The molecule has 1 aliphatic rings. The summed E-state index contributed by atoms with van der Waals surface area (Å²) < 4.78 is 10.9. The first-order chi connectivity index (χ1) is 6.43. The summed E-state index contributed by atoms with van der Waals surface area (Å²) in [7, 11) is 0. The van der Waals surface area contributed by atoms with Crippen molar-refractivity contribution in [3.05, 3.63) is 0 Å². The average Bonchev–Trinajstić information content (AvgIpc) is 2.19. The van der Waals surface area contributed by atoms with E-state index in [1.165, 1.54) is 0 Å². The fourth-order valence-corrected chi connectivity index (χ4v) is 1.62. The van der Waals surface area contributed by atoms with Gasteiger partial charge < -0.3 is 14.8 Å². The summed E-state index contributed by atoms with van der Waals surface area (Å²) >= 11 is 3.30. The summed E-state index contributed by atoms with van der Waals surface area (Å²) in [6.07, 6.45) is 2.73. The van der Waals surface area contributed by atoms with Crippen LogP contribution in [0.1, 0.15) is 12.8 Å². The van der Waals surface area contributed by atoms with Crippen LogP contribution in [0.25, 0.3) is 0 Å². The largest absolute Gasteiger partial charge is 0.378 e. The van der Waals surface area contributed by atoms with E-state index in [-0.39, 0.29) is 0 Å². The third-order valence-corrected chi connectivity index (χ3v) is 2.41. The smallest absolute Gasteiger partial charge is 0.0704 e. The Balaban J connectivity index is 1.86. The lowest BCUT2D eigenvalue weighted by Crippen LogP contribution is -2.33. The van der Waals surface area contributed by atoms with Gasteiger partial charge in [-0.3, -0.25) is 0 Å². The molecule has 0 atom stereocenters. The molecule has 78 valence electrons. The molecule has 0 bridgehead atoms. The van der Waals surface area contributed by atoms with E-state index in [1.54, 1.807) is 0 Å². The van der Waals surface area contributed by atoms with E-state index < -0.39 is 0 Å². The lowest BCUT2D eigenvalue weighted by atomic mass is 10.1. The second-order valence-electron chi connectivity index (χ2n) is 3.12. The second-order valence-corrected chi connectivity index (χ2v) is 3.91. The van der Waals surface area contributed by atoms with Crippen LogP contribution in [0.5, 0.6) is 0 Å². The number of ether oxygens (including phenoxy) is 2. The van der Waals surface area contributed by atoms with Crippen molar-refractivity contribution >= 4 is 15.9 Å². The average molecular weight is 252 g/mol. The molecule has 1 saturated heterocycles. The predicted molar refractivity (Wildman–Crippen MR) is 56.5 cm³/mol. The SMILES string of the molecule is BrCCOCCOC1CCNCC1. The van der Waals surface area contributed by atoms with Gasteiger partial charge in [0, 0.05) is 5.33 Å². The van der Waals surface area contributed by atoms with Gasteiger partial charge in [0.15, 0.2) is 0 Å². The lowest BCUT2D eigenvalue weighted by Gasteiger charge is -2.22. The highest BCUT2D eigenvalue weighted by atomic mass is 79.9. The molecule has 0 aromatic rings. The fourth-order valence-electron chi connectivity index (χ4n) is 1.39. The quantitative estimate of drug-likeness (QED) is 0.568. The molecule has 0 unspecified atom stereocenters. The van der Waals surface area contributed by atoms with Gasteiger partial charge in [-0.15, -0.1) is 0 Å². The lowest BCUT2D eigenvalue weighted by molar-refractivity contribution is -0.00430. The highest BCUT2D eigenvalue weighted by molar-refractivity contribution is 9.09. The van der Waals surface area contributed by atoms with Gasteiger partial charge >= 0.3 is 0 Å². The topological polar surface area (TPSA) is 30.5 Å². The van der Waals surface area contributed by atoms with Crippen molar-refractivity contribution in [3.63, 3.8) is 0 Å². The van der Waals surface area contributed by atoms with Gasteiger partial charge in [-0.2, -0.15) is 0 Å². The van der Waals surface area contributed by atoms with Crippen molar-refractivity contribution in [2.45, 2.75) is 18.9 Å². The number of alkyl halides is 1. The molecule has 13 heavy (non-hydrogen) atoms. The van der Waals surface area contributed by atoms with Crippen molar-refractivity contribution in [1.82, 2.24) is 5.32 Å². The monoisotopic (exact) mass is 251 g/mol. The van der Waals surface area contributed by atoms with E-state index in [9.17, 15) is 0 Å². The van der Waals surface area contributed by atoms with Crippen LogP contribution in [0.15, 0.2) is 0 Å². The van der Waals surface area contributed by atoms with Crippen LogP contribution in [-0.4, -0.2) is 44.3 Å². The van der Waals surface area contributed by atoms with Crippen molar-refractivity contribution in [2.24, 2.45) is 0 Å². The van der Waals surface area contributed by atoms with Gasteiger partial charge in [0.1, 0.15) is 0 Å². The Morgan fingerprint density at radius 3 is 2.62 bits per heavy atom. The molecule has 1 rings (SSSR count). The van der Waals surface area contributed by atoms with Gasteiger partial charge in [0.25, 0.3) is 0 Å². The van der Waals surface area contributed by atoms with Crippen LogP contribution < -0.4 is 5.32 Å². The first-order valence-corrected chi connectivity index (χ1v) is 6.01. The number of halogens is 1. The Bertz CT molecular complexity index is 118. The molecule has 1 heterocycles. The third kappa shape index (κ3) is 5.62. The molecule has 0 amide bonds. The molecule has 0 aromatic carbocycles. The highest BCUT2D eigenvalue weighted by Crippen LogP contribution is 2.06. The second kappa shape index (κ2) is 7.74. The van der Waals surface area contributed by atoms with E-state index in [4.69, 9.17) is 9.47 Å². The molecule has 3 nitrogen and oxygen atoms in total. The summed E-state index contributed by atoms with van der Waals surface area (Å²) in [6, 6.07) is 0. The Morgan fingerprint density at radius 2 is 1.92 bits per heavy atom. The Labute approximate surface area is 88.3 Å². The molecule has 0 aliphatic carbocycles. The van der Waals surface area contributed by atoms with Crippen LogP contribution in [0.3, 0.4) is 0 Å². The van der Waals surface area contributed by atoms with E-state index in [2.05, 4.69) is 21.2 Å². The summed E-state index contributed by atoms with van der Waals surface area (Å²) in [5.74, 6) is 0. The van der Waals surface area contributed by atoms with Gasteiger partial charge in [0.2, 0.25) is 0 Å². The number of nitrogens with one attached hydrogen (secondary N) is 1. The minimum Gasteiger partial charge on any atom is -0.378 e. The zero-order valence-corrected chi connectivity index (χ0v) is 9.51. The molecular formula is C9H18BrNO2.